The first-order valence-electron chi connectivity index (χ1n) is 7.29. The highest BCUT2D eigenvalue weighted by Gasteiger charge is 2.21. The van der Waals surface area contributed by atoms with Crippen LogP contribution in [0.1, 0.15) is 18.9 Å². The van der Waals surface area contributed by atoms with E-state index >= 15 is 0 Å². The Balaban J connectivity index is 1.82. The highest BCUT2D eigenvalue weighted by atomic mass is 16.5. The van der Waals surface area contributed by atoms with Crippen molar-refractivity contribution in [3.8, 4) is 0 Å². The summed E-state index contributed by atoms with van der Waals surface area (Å²) in [6, 6.07) is 8.84. The summed E-state index contributed by atoms with van der Waals surface area (Å²) in [6.45, 7) is 5.87. The summed E-state index contributed by atoms with van der Waals surface area (Å²) in [6.07, 6.45) is 1.15. The monoisotopic (exact) mass is 279 g/mol. The van der Waals surface area contributed by atoms with Gasteiger partial charge in [0.25, 0.3) is 0 Å². The summed E-state index contributed by atoms with van der Waals surface area (Å²) in [7, 11) is 1.68. The maximum Gasteiger partial charge on any atom is 0.0718 e. The Morgan fingerprint density at radius 2 is 2.30 bits per heavy atom. The van der Waals surface area contributed by atoms with Crippen molar-refractivity contribution in [2.75, 3.05) is 38.9 Å². The van der Waals surface area contributed by atoms with Crippen molar-refractivity contribution in [1.29, 1.82) is 0 Å². The lowest BCUT2D eigenvalue weighted by Crippen LogP contribution is -2.26. The van der Waals surface area contributed by atoms with E-state index in [1.54, 1.807) is 7.11 Å². The highest BCUT2D eigenvalue weighted by molar-refractivity contribution is 5.46. The molecule has 0 aromatic heterocycles. The fourth-order valence-corrected chi connectivity index (χ4v) is 2.41. The van der Waals surface area contributed by atoms with Crippen LogP contribution < -0.4 is 5.32 Å². The fraction of sp³-hybridized carbons (Fsp3) is 0.625. The quantitative estimate of drug-likeness (QED) is 0.743. The van der Waals surface area contributed by atoms with Gasteiger partial charge in [0.05, 0.1) is 26.4 Å². The SMILES string of the molecule is COCCOCc1cccc(NC(C)C2CCOC2)c1. The first-order valence-corrected chi connectivity index (χ1v) is 7.29. The second-order valence-corrected chi connectivity index (χ2v) is 5.30. The molecule has 1 aliphatic heterocycles. The number of methoxy groups -OCH3 is 1. The summed E-state index contributed by atoms with van der Waals surface area (Å²) < 4.78 is 16.0. The Kier molecular flexibility index (Phi) is 6.30. The Hall–Kier alpha value is -1.10. The summed E-state index contributed by atoms with van der Waals surface area (Å²) in [5, 5.41) is 3.57. The molecule has 0 spiro atoms. The average molecular weight is 279 g/mol. The predicted octanol–water partition coefficient (Wildman–Crippen LogP) is 2.69. The van der Waals surface area contributed by atoms with Gasteiger partial charge in [-0.05, 0) is 31.0 Å². The zero-order chi connectivity index (χ0) is 14.2. The van der Waals surface area contributed by atoms with Gasteiger partial charge in [0.1, 0.15) is 0 Å². The maximum atomic E-state index is 5.55. The van der Waals surface area contributed by atoms with E-state index in [0.29, 0.717) is 31.8 Å². The molecule has 1 aromatic carbocycles. The molecular weight excluding hydrogens is 254 g/mol. The van der Waals surface area contributed by atoms with Crippen molar-refractivity contribution in [3.05, 3.63) is 29.8 Å². The molecule has 112 valence electrons. The lowest BCUT2D eigenvalue weighted by atomic mass is 10.0. The van der Waals surface area contributed by atoms with Gasteiger partial charge in [0.15, 0.2) is 0 Å². The molecule has 0 aliphatic carbocycles. The fourth-order valence-electron chi connectivity index (χ4n) is 2.41. The second-order valence-electron chi connectivity index (χ2n) is 5.30. The number of ether oxygens (including phenoxy) is 3. The van der Waals surface area contributed by atoms with Gasteiger partial charge < -0.3 is 19.5 Å². The van der Waals surface area contributed by atoms with Gasteiger partial charge in [-0.1, -0.05) is 12.1 Å². The molecule has 1 heterocycles. The van der Waals surface area contributed by atoms with E-state index in [-0.39, 0.29) is 0 Å². The summed E-state index contributed by atoms with van der Waals surface area (Å²) in [5.74, 6) is 0.608. The molecule has 4 heteroatoms. The van der Waals surface area contributed by atoms with E-state index in [0.717, 1.165) is 25.3 Å². The van der Waals surface area contributed by atoms with Crippen LogP contribution in [0.2, 0.25) is 0 Å². The Bertz CT molecular complexity index is 391. The van der Waals surface area contributed by atoms with Gasteiger partial charge in [-0.3, -0.25) is 0 Å². The number of rotatable bonds is 8. The summed E-state index contributed by atoms with van der Waals surface area (Å²) in [4.78, 5) is 0. The topological polar surface area (TPSA) is 39.7 Å². The highest BCUT2D eigenvalue weighted by Crippen LogP contribution is 2.21. The molecule has 2 rings (SSSR count). The first kappa shape index (κ1) is 15.3. The average Bonchev–Trinajstić information content (AvgIpc) is 2.98. The van der Waals surface area contributed by atoms with Crippen LogP contribution in [0.5, 0.6) is 0 Å². The van der Waals surface area contributed by atoms with Crippen LogP contribution in [-0.2, 0) is 20.8 Å². The van der Waals surface area contributed by atoms with E-state index in [1.165, 1.54) is 5.56 Å². The molecule has 0 bridgehead atoms. The van der Waals surface area contributed by atoms with Gasteiger partial charge >= 0.3 is 0 Å². The largest absolute Gasteiger partial charge is 0.382 e. The van der Waals surface area contributed by atoms with E-state index in [9.17, 15) is 0 Å². The minimum absolute atomic E-state index is 0.433. The van der Waals surface area contributed by atoms with Gasteiger partial charge in [-0.25, -0.2) is 0 Å². The van der Waals surface area contributed by atoms with Crippen molar-refractivity contribution >= 4 is 5.69 Å². The number of hydrogen-bond acceptors (Lipinski definition) is 4. The number of hydrogen-bond donors (Lipinski definition) is 1. The Labute approximate surface area is 121 Å². The van der Waals surface area contributed by atoms with Crippen LogP contribution in [0, 0.1) is 5.92 Å². The normalized spacial score (nSPS) is 20.0. The van der Waals surface area contributed by atoms with E-state index in [4.69, 9.17) is 14.2 Å². The number of benzene rings is 1. The molecule has 20 heavy (non-hydrogen) atoms. The number of nitrogens with one attached hydrogen (secondary N) is 1. The molecule has 1 N–H and O–H groups in total. The molecular formula is C16H25NO3. The van der Waals surface area contributed by atoms with E-state index in [1.807, 2.05) is 0 Å². The summed E-state index contributed by atoms with van der Waals surface area (Å²) in [5.41, 5.74) is 2.33. The van der Waals surface area contributed by atoms with Crippen molar-refractivity contribution in [1.82, 2.24) is 0 Å². The molecule has 1 saturated heterocycles. The minimum atomic E-state index is 0.433. The Morgan fingerprint density at radius 3 is 3.05 bits per heavy atom. The van der Waals surface area contributed by atoms with Crippen LogP contribution in [0.25, 0.3) is 0 Å². The molecule has 0 radical (unpaired) electrons. The van der Waals surface area contributed by atoms with Crippen molar-refractivity contribution < 1.29 is 14.2 Å². The van der Waals surface area contributed by atoms with Crippen LogP contribution in [-0.4, -0.2) is 39.6 Å². The van der Waals surface area contributed by atoms with E-state index in [2.05, 4.69) is 36.5 Å². The predicted molar refractivity (Wildman–Crippen MR) is 80.0 cm³/mol. The molecule has 1 aromatic rings. The molecule has 1 aliphatic rings. The molecule has 0 amide bonds. The molecule has 4 nitrogen and oxygen atoms in total. The van der Waals surface area contributed by atoms with Crippen molar-refractivity contribution in [3.63, 3.8) is 0 Å². The lowest BCUT2D eigenvalue weighted by molar-refractivity contribution is 0.0617. The molecule has 2 unspecified atom stereocenters. The van der Waals surface area contributed by atoms with Gasteiger partial charge in [-0.15, -0.1) is 0 Å². The van der Waals surface area contributed by atoms with Gasteiger partial charge in [0, 0.05) is 31.4 Å². The first-order chi connectivity index (χ1) is 9.79. The molecule has 2 atom stereocenters. The van der Waals surface area contributed by atoms with Crippen LogP contribution >= 0.6 is 0 Å². The number of anilines is 1. The minimum Gasteiger partial charge on any atom is -0.382 e. The smallest absolute Gasteiger partial charge is 0.0718 e. The zero-order valence-electron chi connectivity index (χ0n) is 12.4. The standard InChI is InChI=1S/C16H25NO3/c1-13(15-6-7-19-12-15)17-16-5-3-4-14(10-16)11-20-9-8-18-2/h3-5,10,13,15,17H,6-9,11-12H2,1-2H3. The van der Waals surface area contributed by atoms with Crippen molar-refractivity contribution in [2.45, 2.75) is 26.0 Å². The Morgan fingerprint density at radius 1 is 1.40 bits per heavy atom. The van der Waals surface area contributed by atoms with E-state index < -0.39 is 0 Å². The third-order valence-corrected chi connectivity index (χ3v) is 3.69. The van der Waals surface area contributed by atoms with Crippen LogP contribution in [0.4, 0.5) is 5.69 Å². The third kappa shape index (κ3) is 4.78. The van der Waals surface area contributed by atoms with Crippen molar-refractivity contribution in [2.24, 2.45) is 5.92 Å². The molecule has 0 saturated carbocycles. The lowest BCUT2D eigenvalue weighted by Gasteiger charge is -2.20. The summed E-state index contributed by atoms with van der Waals surface area (Å²) >= 11 is 0. The third-order valence-electron chi connectivity index (χ3n) is 3.69. The van der Waals surface area contributed by atoms with Gasteiger partial charge in [0.2, 0.25) is 0 Å². The molecule has 1 fully saturated rings. The van der Waals surface area contributed by atoms with Gasteiger partial charge in [-0.2, -0.15) is 0 Å². The second kappa shape index (κ2) is 8.25. The van der Waals surface area contributed by atoms with Crippen LogP contribution in [0.15, 0.2) is 24.3 Å². The van der Waals surface area contributed by atoms with Crippen LogP contribution in [0.3, 0.4) is 0 Å². The zero-order valence-corrected chi connectivity index (χ0v) is 12.4. The maximum absolute atomic E-state index is 5.55.